The van der Waals surface area contributed by atoms with E-state index in [1.807, 2.05) is 30.6 Å². The van der Waals surface area contributed by atoms with Gasteiger partial charge in [-0.15, -0.1) is 0 Å². The minimum atomic E-state index is 0.696. The average molecular weight is 587 g/mol. The summed E-state index contributed by atoms with van der Waals surface area (Å²) in [6.45, 7) is 0. The highest BCUT2D eigenvalue weighted by atomic mass is 14.9. The lowest BCUT2D eigenvalue weighted by molar-refractivity contribution is 1.17. The molecule has 7 aromatic carbocycles. The van der Waals surface area contributed by atoms with E-state index in [1.54, 1.807) is 6.33 Å². The van der Waals surface area contributed by atoms with Crippen molar-refractivity contribution in [1.82, 2.24) is 19.9 Å². The van der Waals surface area contributed by atoms with Crippen LogP contribution in [0.5, 0.6) is 0 Å². The molecular weight excluding hydrogens is 560 g/mol. The Hall–Kier alpha value is -6.26. The molecular formula is C42H26N4. The largest absolute Gasteiger partial charge is 0.244 e. The zero-order valence-electron chi connectivity index (χ0n) is 24.8. The molecule has 0 unspecified atom stereocenters. The molecule has 46 heavy (non-hydrogen) atoms. The van der Waals surface area contributed by atoms with Gasteiger partial charge >= 0.3 is 0 Å². The van der Waals surface area contributed by atoms with Crippen LogP contribution in [0.3, 0.4) is 0 Å². The Morgan fingerprint density at radius 1 is 0.348 bits per heavy atom. The van der Waals surface area contributed by atoms with E-state index in [2.05, 4.69) is 131 Å². The molecule has 9 rings (SSSR count). The van der Waals surface area contributed by atoms with E-state index < -0.39 is 0 Å². The van der Waals surface area contributed by atoms with Crippen LogP contribution in [0.15, 0.2) is 158 Å². The summed E-state index contributed by atoms with van der Waals surface area (Å²) in [5.74, 6) is 0.696. The number of rotatable bonds is 4. The van der Waals surface area contributed by atoms with Crippen molar-refractivity contribution >= 4 is 43.1 Å². The lowest BCUT2D eigenvalue weighted by Gasteiger charge is -2.16. The van der Waals surface area contributed by atoms with Gasteiger partial charge in [0.05, 0.1) is 11.4 Å². The van der Waals surface area contributed by atoms with E-state index in [1.165, 1.54) is 43.1 Å². The van der Waals surface area contributed by atoms with Crippen LogP contribution < -0.4 is 0 Å². The minimum Gasteiger partial charge on any atom is -0.244 e. The molecule has 2 heterocycles. The monoisotopic (exact) mass is 586 g/mol. The van der Waals surface area contributed by atoms with Crippen molar-refractivity contribution in [3.8, 4) is 45.0 Å². The van der Waals surface area contributed by atoms with E-state index in [9.17, 15) is 0 Å². The standard InChI is InChI=1S/C42H26N4/c1-2-10-29(11-3-1)42-45-39(28-20-18-27(19-21-28)30-24-43-26-44-25-30)23-40(46-42)37-22-38-33-14-5-4-12-31(33)32-13-6-8-16-35(32)41(38)36-17-9-7-15-34(36)37/h1-26H. The molecule has 0 atom stereocenters. The lowest BCUT2D eigenvalue weighted by atomic mass is 9.88. The highest BCUT2D eigenvalue weighted by Crippen LogP contribution is 2.43. The van der Waals surface area contributed by atoms with Crippen molar-refractivity contribution in [2.24, 2.45) is 0 Å². The fourth-order valence-corrected chi connectivity index (χ4v) is 6.71. The first kappa shape index (κ1) is 26.2. The predicted octanol–water partition coefficient (Wildman–Crippen LogP) is 10.5. The summed E-state index contributed by atoms with van der Waals surface area (Å²) in [6.07, 6.45) is 5.21. The molecule has 9 aromatic rings. The van der Waals surface area contributed by atoms with Gasteiger partial charge in [0.15, 0.2) is 5.82 Å². The normalized spacial score (nSPS) is 11.5. The topological polar surface area (TPSA) is 51.6 Å². The molecule has 0 aliphatic heterocycles. The summed E-state index contributed by atoms with van der Waals surface area (Å²) >= 11 is 0. The predicted molar refractivity (Wildman–Crippen MR) is 189 cm³/mol. The van der Waals surface area contributed by atoms with Crippen molar-refractivity contribution < 1.29 is 0 Å². The molecule has 0 aliphatic rings. The first-order chi connectivity index (χ1) is 22.8. The fraction of sp³-hybridized carbons (Fsp3) is 0. The zero-order chi connectivity index (χ0) is 30.5. The molecule has 0 aliphatic carbocycles. The van der Waals surface area contributed by atoms with Crippen LogP contribution in [0, 0.1) is 0 Å². The van der Waals surface area contributed by atoms with Gasteiger partial charge < -0.3 is 0 Å². The van der Waals surface area contributed by atoms with E-state index in [4.69, 9.17) is 9.97 Å². The van der Waals surface area contributed by atoms with Crippen molar-refractivity contribution in [1.29, 1.82) is 0 Å². The summed E-state index contributed by atoms with van der Waals surface area (Å²) in [7, 11) is 0. The quantitative estimate of drug-likeness (QED) is 0.193. The molecule has 4 heteroatoms. The van der Waals surface area contributed by atoms with E-state index in [0.29, 0.717) is 5.82 Å². The summed E-state index contributed by atoms with van der Waals surface area (Å²) in [6, 6.07) is 49.3. The molecule has 0 saturated carbocycles. The number of fused-ring (bicyclic) bond motifs is 8. The molecule has 0 saturated heterocycles. The van der Waals surface area contributed by atoms with Crippen LogP contribution >= 0.6 is 0 Å². The van der Waals surface area contributed by atoms with E-state index in [0.717, 1.165) is 39.2 Å². The maximum Gasteiger partial charge on any atom is 0.160 e. The Kier molecular flexibility index (Phi) is 6.10. The molecule has 214 valence electrons. The van der Waals surface area contributed by atoms with Crippen LogP contribution in [-0.2, 0) is 0 Å². The number of benzene rings is 7. The number of hydrogen-bond acceptors (Lipinski definition) is 4. The van der Waals surface area contributed by atoms with Crippen molar-refractivity contribution in [2.45, 2.75) is 0 Å². The van der Waals surface area contributed by atoms with Crippen molar-refractivity contribution in [3.05, 3.63) is 158 Å². The minimum absolute atomic E-state index is 0.696. The molecule has 0 amide bonds. The van der Waals surface area contributed by atoms with Crippen LogP contribution in [0.25, 0.3) is 88.1 Å². The zero-order valence-corrected chi connectivity index (χ0v) is 24.8. The van der Waals surface area contributed by atoms with Crippen molar-refractivity contribution in [3.63, 3.8) is 0 Å². The van der Waals surface area contributed by atoms with Gasteiger partial charge in [-0.25, -0.2) is 19.9 Å². The van der Waals surface area contributed by atoms with Gasteiger partial charge in [0.25, 0.3) is 0 Å². The van der Waals surface area contributed by atoms with Gasteiger partial charge in [-0.2, -0.15) is 0 Å². The first-order valence-corrected chi connectivity index (χ1v) is 15.4. The molecule has 0 fully saturated rings. The highest BCUT2D eigenvalue weighted by molar-refractivity contribution is 6.32. The van der Waals surface area contributed by atoms with Crippen LogP contribution in [0.4, 0.5) is 0 Å². The molecule has 0 spiro atoms. The first-order valence-electron chi connectivity index (χ1n) is 15.4. The Morgan fingerprint density at radius 3 is 1.57 bits per heavy atom. The Labute approximate surface area is 265 Å². The van der Waals surface area contributed by atoms with Gasteiger partial charge in [0.1, 0.15) is 6.33 Å². The maximum atomic E-state index is 5.24. The Bertz CT molecular complexity index is 2560. The number of hydrogen-bond donors (Lipinski definition) is 0. The molecule has 2 aromatic heterocycles. The lowest BCUT2D eigenvalue weighted by Crippen LogP contribution is -1.97. The fourth-order valence-electron chi connectivity index (χ4n) is 6.71. The summed E-state index contributed by atoms with van der Waals surface area (Å²) in [5, 5.41) is 9.89. The molecule has 0 bridgehead atoms. The SMILES string of the molecule is c1ccc(-c2nc(-c3ccc(-c4cncnc4)cc3)cc(-c3cc4c5ccccc5c5ccccc5c4c4ccccc34)n2)cc1. The Morgan fingerprint density at radius 2 is 0.870 bits per heavy atom. The van der Waals surface area contributed by atoms with E-state index in [-0.39, 0.29) is 0 Å². The molecule has 4 nitrogen and oxygen atoms in total. The third kappa shape index (κ3) is 4.31. The molecule has 0 radical (unpaired) electrons. The third-order valence-corrected chi connectivity index (χ3v) is 8.86. The van der Waals surface area contributed by atoms with Gasteiger partial charge in [-0.1, -0.05) is 127 Å². The van der Waals surface area contributed by atoms with Crippen molar-refractivity contribution in [2.75, 3.05) is 0 Å². The molecule has 0 N–H and O–H groups in total. The summed E-state index contributed by atoms with van der Waals surface area (Å²) < 4.78 is 0. The highest BCUT2D eigenvalue weighted by Gasteiger charge is 2.17. The second-order valence-corrected chi connectivity index (χ2v) is 11.5. The Balaban J connectivity index is 1.33. The van der Waals surface area contributed by atoms with E-state index >= 15 is 0 Å². The summed E-state index contributed by atoms with van der Waals surface area (Å²) in [4.78, 5) is 18.7. The van der Waals surface area contributed by atoms with Gasteiger partial charge in [-0.3, -0.25) is 0 Å². The van der Waals surface area contributed by atoms with Crippen LogP contribution in [-0.4, -0.2) is 19.9 Å². The van der Waals surface area contributed by atoms with Gasteiger partial charge in [0.2, 0.25) is 0 Å². The second-order valence-electron chi connectivity index (χ2n) is 11.5. The number of nitrogens with zero attached hydrogens (tertiary/aromatic N) is 4. The van der Waals surface area contributed by atoms with Gasteiger partial charge in [0, 0.05) is 34.6 Å². The second kappa shape index (κ2) is 10.7. The van der Waals surface area contributed by atoms with Crippen LogP contribution in [0.2, 0.25) is 0 Å². The van der Waals surface area contributed by atoms with Crippen LogP contribution in [0.1, 0.15) is 0 Å². The number of aromatic nitrogens is 4. The van der Waals surface area contributed by atoms with Gasteiger partial charge in [-0.05, 0) is 60.8 Å². The maximum absolute atomic E-state index is 5.24. The third-order valence-electron chi connectivity index (χ3n) is 8.86. The smallest absolute Gasteiger partial charge is 0.160 e. The summed E-state index contributed by atoms with van der Waals surface area (Å²) in [5.41, 5.74) is 6.87. The average Bonchev–Trinajstić information content (AvgIpc) is 3.15.